The van der Waals surface area contributed by atoms with E-state index in [-0.39, 0.29) is 90.4 Å². The Morgan fingerprint density at radius 1 is 0.486 bits per heavy atom. The fourth-order valence-corrected chi connectivity index (χ4v) is 4.90. The van der Waals surface area contributed by atoms with Crippen molar-refractivity contribution in [2.45, 2.75) is 49.5 Å². The van der Waals surface area contributed by atoms with Crippen molar-refractivity contribution in [1.29, 1.82) is 0 Å². The van der Waals surface area contributed by atoms with Crippen molar-refractivity contribution in [3.63, 3.8) is 0 Å². The van der Waals surface area contributed by atoms with E-state index in [4.69, 9.17) is 38.6 Å². The quantitative estimate of drug-likeness (QED) is 0.0201. The summed E-state index contributed by atoms with van der Waals surface area (Å²) in [5.74, 6) is -0.417. The minimum Gasteiger partial charge on any atom is -0.396 e. The standard InChI is InChI=1S/C27H58N2O14.C9H17N3O3.2C4H9NO/c1-28-4-8-38-10-12-40-14-16-42-18-19-43-17-15-41-13-11-39-9-5-29(20-24(34)26(36)22(32)2-6-30)21-25(35)27(37)23(33)3-7-31;1-10-6-8(14)12(3)7-9(15)11(2)4-5-13;2*1-5(2)3-4-6/h22-28,30-37H,2-21H2,1H3;5,10H,4,6-7H2,1-3H3;2*4H,3H2,1-2H3. The van der Waals surface area contributed by atoms with Gasteiger partial charge in [0.2, 0.25) is 11.8 Å². The summed E-state index contributed by atoms with van der Waals surface area (Å²) < 4.78 is 32.6. The lowest BCUT2D eigenvalue weighted by molar-refractivity contribution is -0.138. The Labute approximate surface area is 415 Å². The van der Waals surface area contributed by atoms with Gasteiger partial charge in [0.25, 0.3) is 0 Å². The first-order chi connectivity index (χ1) is 33.3. The summed E-state index contributed by atoms with van der Waals surface area (Å²) in [7, 11) is 14.0. The highest BCUT2D eigenvalue weighted by molar-refractivity contribution is 5.86. The molecule has 2 amide bonds. The van der Waals surface area contributed by atoms with E-state index in [2.05, 4.69) is 10.6 Å². The molecule has 0 heterocycles. The summed E-state index contributed by atoms with van der Waals surface area (Å²) in [5.41, 5.74) is 0. The van der Waals surface area contributed by atoms with Gasteiger partial charge in [0.05, 0.1) is 136 Å². The monoisotopic (exact) mass is 1020 g/mol. The van der Waals surface area contributed by atoms with Gasteiger partial charge in [-0.25, -0.2) is 0 Å². The van der Waals surface area contributed by atoms with Crippen molar-refractivity contribution in [3.05, 3.63) is 0 Å². The number of carbonyl (C=O) groups is 5. The van der Waals surface area contributed by atoms with Gasteiger partial charge in [0, 0.05) is 53.5 Å². The van der Waals surface area contributed by atoms with Crippen LogP contribution in [0.25, 0.3) is 0 Å². The van der Waals surface area contributed by atoms with Crippen LogP contribution in [0.15, 0.2) is 0 Å². The van der Waals surface area contributed by atoms with Gasteiger partial charge in [-0.2, -0.15) is 0 Å². The maximum atomic E-state index is 11.4. The average Bonchev–Trinajstić information content (AvgIpc) is 3.31. The Morgan fingerprint density at radius 3 is 1.14 bits per heavy atom. The topological polar surface area (TPSA) is 343 Å². The molecule has 0 bridgehead atoms. The fraction of sp³-hybridized carbons (Fsp3) is 0.886. The van der Waals surface area contributed by atoms with Crippen molar-refractivity contribution < 1.29 is 93.2 Å². The van der Waals surface area contributed by atoms with Gasteiger partial charge >= 0.3 is 0 Å². The molecule has 6 unspecified atom stereocenters. The van der Waals surface area contributed by atoms with Crippen molar-refractivity contribution in [3.8, 4) is 0 Å². The summed E-state index contributed by atoms with van der Waals surface area (Å²) in [6.07, 6.45) is -6.49. The van der Waals surface area contributed by atoms with Crippen molar-refractivity contribution in [2.75, 3.05) is 208 Å². The Kier molecular flexibility index (Phi) is 56.8. The number of likely N-dealkylation sites (N-methyl/N-ethyl adjacent to an activating group) is 6. The van der Waals surface area contributed by atoms with E-state index in [9.17, 15) is 54.6 Å². The summed E-state index contributed by atoms with van der Waals surface area (Å²) in [6.45, 7) is 6.21. The molecular weight excluding hydrogens is 931 g/mol. The van der Waals surface area contributed by atoms with E-state index < -0.39 is 36.6 Å². The summed E-state index contributed by atoms with van der Waals surface area (Å²) >= 11 is 0. The predicted molar refractivity (Wildman–Crippen MR) is 259 cm³/mol. The first kappa shape index (κ1) is 73.7. The van der Waals surface area contributed by atoms with E-state index in [0.717, 1.165) is 19.1 Å². The molecule has 0 aliphatic rings. The lowest BCUT2D eigenvalue weighted by atomic mass is 10.0. The number of ether oxygens (including phenoxy) is 6. The number of aliphatic hydroxyl groups excluding tert-OH is 8. The van der Waals surface area contributed by atoms with Crippen LogP contribution < -0.4 is 10.6 Å². The highest BCUT2D eigenvalue weighted by Gasteiger charge is 2.30. The highest BCUT2D eigenvalue weighted by Crippen LogP contribution is 2.10. The molecule has 0 aromatic carbocycles. The zero-order chi connectivity index (χ0) is 54.0. The molecule has 26 heteroatoms. The van der Waals surface area contributed by atoms with Crippen molar-refractivity contribution in [1.82, 2.24) is 35.1 Å². The molecule has 0 saturated carbocycles. The molecule has 6 atom stereocenters. The Morgan fingerprint density at radius 2 is 0.843 bits per heavy atom. The molecule has 0 spiro atoms. The first-order valence-electron chi connectivity index (χ1n) is 23.2. The first-order valence-corrected chi connectivity index (χ1v) is 23.2. The van der Waals surface area contributed by atoms with Crippen LogP contribution in [0.1, 0.15) is 12.8 Å². The van der Waals surface area contributed by atoms with Gasteiger partial charge in [-0.05, 0) is 55.1 Å². The third kappa shape index (κ3) is 50.1. The van der Waals surface area contributed by atoms with Gasteiger partial charge < -0.3 is 114 Å². The molecule has 0 radical (unpaired) electrons. The van der Waals surface area contributed by atoms with Crippen molar-refractivity contribution in [2.24, 2.45) is 0 Å². The van der Waals surface area contributed by atoms with Crippen LogP contribution in [0.3, 0.4) is 0 Å². The maximum absolute atomic E-state index is 11.4. The number of rotatable bonds is 43. The minimum absolute atomic E-state index is 0.00907. The molecule has 0 fully saturated rings. The zero-order valence-electron chi connectivity index (χ0n) is 43.2. The lowest BCUT2D eigenvalue weighted by Gasteiger charge is -2.32. The minimum atomic E-state index is -1.54. The molecule has 26 nitrogen and oxygen atoms in total. The van der Waals surface area contributed by atoms with E-state index in [1.54, 1.807) is 14.1 Å². The lowest BCUT2D eigenvalue weighted by Crippen LogP contribution is -2.50. The molecular formula is C44H93N7O19. The zero-order valence-corrected chi connectivity index (χ0v) is 43.2. The Hall–Kier alpha value is -2.81. The number of nitrogens with one attached hydrogen (secondary N) is 2. The number of amides is 2. The number of nitrogens with zero attached hydrogens (tertiary/aromatic N) is 5. The van der Waals surface area contributed by atoms with Crippen molar-refractivity contribution >= 4 is 30.7 Å². The number of hydrogen-bond acceptors (Lipinski definition) is 24. The van der Waals surface area contributed by atoms with Crippen LogP contribution in [-0.2, 0) is 52.4 Å². The van der Waals surface area contributed by atoms with Crippen LogP contribution in [0, 0.1) is 0 Å². The second kappa shape index (κ2) is 54.0. The summed E-state index contributed by atoms with van der Waals surface area (Å²) in [6, 6.07) is 0. The average molecular weight is 1020 g/mol. The van der Waals surface area contributed by atoms with Crippen LogP contribution in [0.2, 0.25) is 0 Å². The predicted octanol–water partition coefficient (Wildman–Crippen LogP) is -6.65. The fourth-order valence-electron chi connectivity index (χ4n) is 4.90. The van der Waals surface area contributed by atoms with Crippen LogP contribution >= 0.6 is 0 Å². The highest BCUT2D eigenvalue weighted by atomic mass is 16.6. The molecule has 418 valence electrons. The van der Waals surface area contributed by atoms with E-state index >= 15 is 0 Å². The molecule has 0 saturated heterocycles. The summed E-state index contributed by atoms with van der Waals surface area (Å²) in [5, 5.41) is 84.2. The maximum Gasteiger partial charge on any atom is 0.242 e. The molecule has 0 aliphatic heterocycles. The number of carbonyl (C=O) groups excluding carboxylic acids is 5. The second-order valence-corrected chi connectivity index (χ2v) is 15.9. The van der Waals surface area contributed by atoms with Gasteiger partial charge in [0.15, 0.2) is 0 Å². The van der Waals surface area contributed by atoms with E-state index in [1.165, 1.54) is 21.7 Å². The third-order valence-electron chi connectivity index (χ3n) is 9.01. The van der Waals surface area contributed by atoms with Gasteiger partial charge in [-0.3, -0.25) is 14.5 Å². The SMILES string of the molecule is CN(C)CC=O.CN(C)CC=O.CNCC(=O)N(C)CC(=O)N(C)CC=O.CNCCOCCOCCOCCOCCOCCOCCN(CC(O)C(O)C(O)CCO)CC(O)C(O)C(O)CCO. The smallest absolute Gasteiger partial charge is 0.242 e. The molecule has 70 heavy (non-hydrogen) atoms. The molecule has 0 aromatic heterocycles. The van der Waals surface area contributed by atoms with Gasteiger partial charge in [-0.1, -0.05) is 0 Å². The van der Waals surface area contributed by atoms with Gasteiger partial charge in [0.1, 0.15) is 31.1 Å². The number of hydrogen-bond donors (Lipinski definition) is 10. The van der Waals surface area contributed by atoms with Crippen LogP contribution in [0.5, 0.6) is 0 Å². The summed E-state index contributed by atoms with van der Waals surface area (Å²) in [4.78, 5) is 59.7. The van der Waals surface area contributed by atoms with Gasteiger partial charge in [-0.15, -0.1) is 0 Å². The number of aldehydes is 3. The third-order valence-corrected chi connectivity index (χ3v) is 9.01. The second-order valence-electron chi connectivity index (χ2n) is 15.9. The van der Waals surface area contributed by atoms with E-state index in [1.807, 2.05) is 45.0 Å². The molecule has 0 aliphatic carbocycles. The van der Waals surface area contributed by atoms with Crippen LogP contribution in [0.4, 0.5) is 0 Å². The Bertz CT molecular complexity index is 1150. The Balaban J connectivity index is -0.000000649. The molecule has 0 aromatic rings. The largest absolute Gasteiger partial charge is 0.396 e. The van der Waals surface area contributed by atoms with E-state index in [0.29, 0.717) is 85.4 Å². The number of aliphatic hydroxyl groups is 8. The van der Waals surface area contributed by atoms with Crippen LogP contribution in [-0.4, -0.2) is 340 Å². The molecule has 0 rings (SSSR count). The normalized spacial score (nSPS) is 13.6. The molecule has 10 N–H and O–H groups in total.